The van der Waals surface area contributed by atoms with Gasteiger partial charge >= 0.3 is 0 Å². The van der Waals surface area contributed by atoms with Gasteiger partial charge in [-0.3, -0.25) is 9.88 Å². The summed E-state index contributed by atoms with van der Waals surface area (Å²) in [5, 5.41) is 13.4. The van der Waals surface area contributed by atoms with Crippen LogP contribution in [0.4, 0.5) is 0 Å². The molecule has 1 aliphatic heterocycles. The van der Waals surface area contributed by atoms with Gasteiger partial charge in [0.15, 0.2) is 0 Å². The Labute approximate surface area is 111 Å². The van der Waals surface area contributed by atoms with E-state index in [1.807, 2.05) is 12.1 Å². The molecule has 1 aliphatic rings. The Hall–Kier alpha value is -1.79. The molecule has 0 aliphatic carbocycles. The zero-order chi connectivity index (χ0) is 13.1. The molecule has 6 nitrogen and oxygen atoms in total. The zero-order valence-electron chi connectivity index (χ0n) is 10.6. The van der Waals surface area contributed by atoms with Gasteiger partial charge in [-0.05, 0) is 25.0 Å². The average Bonchev–Trinajstić information content (AvgIpc) is 2.91. The Balaban J connectivity index is 1.65. The van der Waals surface area contributed by atoms with Gasteiger partial charge in [-0.1, -0.05) is 5.16 Å². The van der Waals surface area contributed by atoms with Crippen LogP contribution in [0.5, 0.6) is 0 Å². The lowest BCUT2D eigenvalue weighted by molar-refractivity contribution is 0.0740. The molecule has 6 heteroatoms. The van der Waals surface area contributed by atoms with Crippen LogP contribution < -0.4 is 0 Å². The first kappa shape index (κ1) is 12.3. The fourth-order valence-corrected chi connectivity index (χ4v) is 2.21. The molecule has 0 spiro atoms. The van der Waals surface area contributed by atoms with Crippen molar-refractivity contribution in [2.24, 2.45) is 0 Å². The number of rotatable bonds is 3. The van der Waals surface area contributed by atoms with Crippen molar-refractivity contribution in [1.82, 2.24) is 20.0 Å². The lowest BCUT2D eigenvalue weighted by Gasteiger charge is -2.27. The van der Waals surface area contributed by atoms with E-state index in [0.717, 1.165) is 31.5 Å². The molecule has 19 heavy (non-hydrogen) atoms. The molecule has 1 N–H and O–H groups in total. The molecule has 1 fully saturated rings. The van der Waals surface area contributed by atoms with E-state index in [4.69, 9.17) is 4.52 Å². The van der Waals surface area contributed by atoms with Crippen LogP contribution in [0, 0.1) is 0 Å². The minimum atomic E-state index is -0.161. The van der Waals surface area contributed by atoms with E-state index in [-0.39, 0.29) is 6.10 Å². The molecular weight excluding hydrogens is 244 g/mol. The van der Waals surface area contributed by atoms with E-state index in [9.17, 15) is 5.11 Å². The van der Waals surface area contributed by atoms with Crippen LogP contribution in [0.1, 0.15) is 18.7 Å². The summed E-state index contributed by atoms with van der Waals surface area (Å²) in [6, 6.07) is 3.71. The summed E-state index contributed by atoms with van der Waals surface area (Å²) in [5.41, 5.74) is 0.902. The number of pyridine rings is 1. The maximum Gasteiger partial charge on any atom is 0.241 e. The van der Waals surface area contributed by atoms with Gasteiger partial charge in [0.25, 0.3) is 0 Å². The quantitative estimate of drug-likeness (QED) is 0.890. The van der Waals surface area contributed by atoms with Crippen LogP contribution >= 0.6 is 0 Å². The minimum absolute atomic E-state index is 0.161. The largest absolute Gasteiger partial charge is 0.393 e. The lowest BCUT2D eigenvalue weighted by atomic mass is 10.1. The van der Waals surface area contributed by atoms with Crippen LogP contribution in [0.2, 0.25) is 0 Å². The van der Waals surface area contributed by atoms with Crippen LogP contribution in [-0.2, 0) is 6.54 Å². The van der Waals surface area contributed by atoms with Crippen molar-refractivity contribution in [3.8, 4) is 11.4 Å². The maximum absolute atomic E-state index is 9.46. The van der Waals surface area contributed by atoms with E-state index in [1.165, 1.54) is 0 Å². The molecule has 2 aromatic rings. The molecule has 0 atom stereocenters. The van der Waals surface area contributed by atoms with E-state index >= 15 is 0 Å². The van der Waals surface area contributed by atoms with Crippen molar-refractivity contribution in [3.63, 3.8) is 0 Å². The first-order valence-electron chi connectivity index (χ1n) is 6.44. The molecule has 0 unspecified atom stereocenters. The fourth-order valence-electron chi connectivity index (χ4n) is 2.21. The van der Waals surface area contributed by atoms with Crippen molar-refractivity contribution in [3.05, 3.63) is 30.4 Å². The van der Waals surface area contributed by atoms with E-state index in [1.54, 1.807) is 12.4 Å². The molecule has 3 heterocycles. The van der Waals surface area contributed by atoms with E-state index in [0.29, 0.717) is 18.3 Å². The van der Waals surface area contributed by atoms with Crippen molar-refractivity contribution >= 4 is 0 Å². The Morgan fingerprint density at radius 3 is 2.74 bits per heavy atom. The summed E-state index contributed by atoms with van der Waals surface area (Å²) < 4.78 is 5.26. The number of hydrogen-bond acceptors (Lipinski definition) is 6. The number of aliphatic hydroxyl groups is 1. The summed E-state index contributed by atoms with van der Waals surface area (Å²) in [6.45, 7) is 2.38. The highest BCUT2D eigenvalue weighted by Crippen LogP contribution is 2.16. The third kappa shape index (κ3) is 2.97. The van der Waals surface area contributed by atoms with Gasteiger partial charge in [-0.15, -0.1) is 0 Å². The second-order valence-electron chi connectivity index (χ2n) is 4.75. The first-order valence-corrected chi connectivity index (χ1v) is 6.44. The third-order valence-corrected chi connectivity index (χ3v) is 3.32. The van der Waals surface area contributed by atoms with Crippen LogP contribution in [-0.4, -0.2) is 44.3 Å². The van der Waals surface area contributed by atoms with Crippen molar-refractivity contribution < 1.29 is 9.63 Å². The van der Waals surface area contributed by atoms with Gasteiger partial charge in [0.1, 0.15) is 0 Å². The Morgan fingerprint density at radius 1 is 1.26 bits per heavy atom. The van der Waals surface area contributed by atoms with Gasteiger partial charge in [0, 0.05) is 31.0 Å². The van der Waals surface area contributed by atoms with E-state index in [2.05, 4.69) is 20.0 Å². The summed E-state index contributed by atoms with van der Waals surface area (Å²) in [7, 11) is 0. The van der Waals surface area contributed by atoms with Crippen molar-refractivity contribution in [1.29, 1.82) is 0 Å². The number of nitrogens with zero attached hydrogens (tertiary/aromatic N) is 4. The Kier molecular flexibility index (Phi) is 3.52. The Bertz CT molecular complexity index is 520. The normalized spacial score (nSPS) is 17.7. The summed E-state index contributed by atoms with van der Waals surface area (Å²) in [6.07, 6.45) is 4.87. The third-order valence-electron chi connectivity index (χ3n) is 3.32. The summed E-state index contributed by atoms with van der Waals surface area (Å²) in [5.74, 6) is 1.21. The molecule has 100 valence electrons. The van der Waals surface area contributed by atoms with Gasteiger partial charge < -0.3 is 9.63 Å². The summed E-state index contributed by atoms with van der Waals surface area (Å²) in [4.78, 5) is 10.6. The SMILES string of the molecule is OC1CCN(Cc2nc(-c3ccncc3)no2)CC1. The monoisotopic (exact) mass is 260 g/mol. The molecule has 0 amide bonds. The second kappa shape index (κ2) is 5.46. The zero-order valence-corrected chi connectivity index (χ0v) is 10.6. The molecule has 2 aromatic heterocycles. The highest BCUT2D eigenvalue weighted by atomic mass is 16.5. The Morgan fingerprint density at radius 2 is 2.00 bits per heavy atom. The summed E-state index contributed by atoms with van der Waals surface area (Å²) >= 11 is 0. The number of aliphatic hydroxyl groups excluding tert-OH is 1. The van der Waals surface area contributed by atoms with Gasteiger partial charge in [0.2, 0.25) is 11.7 Å². The number of hydrogen-bond donors (Lipinski definition) is 1. The highest BCUT2D eigenvalue weighted by molar-refractivity contribution is 5.52. The number of aromatic nitrogens is 3. The highest BCUT2D eigenvalue weighted by Gasteiger charge is 2.19. The second-order valence-corrected chi connectivity index (χ2v) is 4.75. The van der Waals surface area contributed by atoms with Crippen LogP contribution in [0.25, 0.3) is 11.4 Å². The topological polar surface area (TPSA) is 75.3 Å². The van der Waals surface area contributed by atoms with Crippen LogP contribution in [0.3, 0.4) is 0 Å². The smallest absolute Gasteiger partial charge is 0.241 e. The minimum Gasteiger partial charge on any atom is -0.393 e. The molecule has 0 radical (unpaired) electrons. The number of likely N-dealkylation sites (tertiary alicyclic amines) is 1. The van der Waals surface area contributed by atoms with E-state index < -0.39 is 0 Å². The molecular formula is C13H16N4O2. The predicted octanol–water partition coefficient (Wildman–Crippen LogP) is 1.09. The molecule has 1 saturated heterocycles. The predicted molar refractivity (Wildman–Crippen MR) is 68.0 cm³/mol. The molecule has 0 bridgehead atoms. The van der Waals surface area contributed by atoms with Crippen molar-refractivity contribution in [2.75, 3.05) is 13.1 Å². The van der Waals surface area contributed by atoms with Gasteiger partial charge in [-0.25, -0.2) is 0 Å². The molecule has 3 rings (SSSR count). The van der Waals surface area contributed by atoms with Crippen molar-refractivity contribution in [2.45, 2.75) is 25.5 Å². The maximum atomic E-state index is 9.46. The lowest BCUT2D eigenvalue weighted by Crippen LogP contribution is -2.35. The van der Waals surface area contributed by atoms with Gasteiger partial charge in [0.05, 0.1) is 12.6 Å². The average molecular weight is 260 g/mol. The number of piperidine rings is 1. The fraction of sp³-hybridized carbons (Fsp3) is 0.462. The molecule has 0 aromatic carbocycles. The standard InChI is InChI=1S/C13H16N4O2/c18-11-3-7-17(8-4-11)9-12-15-13(16-19-12)10-1-5-14-6-2-10/h1-2,5-6,11,18H,3-4,7-9H2. The van der Waals surface area contributed by atoms with Crippen LogP contribution in [0.15, 0.2) is 29.0 Å². The first-order chi connectivity index (χ1) is 9.31. The molecule has 0 saturated carbocycles. The van der Waals surface area contributed by atoms with Gasteiger partial charge in [-0.2, -0.15) is 4.98 Å².